The molecule has 0 atom stereocenters. The number of anilines is 1. The summed E-state index contributed by atoms with van der Waals surface area (Å²) in [5.41, 5.74) is 0.248. The zero-order valence-corrected chi connectivity index (χ0v) is 11.9. The van der Waals surface area contributed by atoms with Crippen molar-refractivity contribution in [3.63, 3.8) is 0 Å². The predicted octanol–water partition coefficient (Wildman–Crippen LogP) is 1.79. The third-order valence-electron chi connectivity index (χ3n) is 2.43. The Kier molecular flexibility index (Phi) is 4.01. The number of nitrogens with one attached hydrogen (secondary N) is 1. The van der Waals surface area contributed by atoms with Gasteiger partial charge in [0.2, 0.25) is 0 Å². The summed E-state index contributed by atoms with van der Waals surface area (Å²) in [7, 11) is -3.47. The number of nitrogens with zero attached hydrogens (tertiary/aromatic N) is 2. The van der Waals surface area contributed by atoms with E-state index in [9.17, 15) is 13.2 Å². The molecule has 0 bridgehead atoms. The van der Waals surface area contributed by atoms with Crippen molar-refractivity contribution in [3.05, 3.63) is 47.5 Å². The van der Waals surface area contributed by atoms with Gasteiger partial charge in [-0.2, -0.15) is 0 Å². The lowest BCUT2D eigenvalue weighted by Gasteiger charge is -2.09. The van der Waals surface area contributed by atoms with Crippen LogP contribution in [0.5, 0.6) is 0 Å². The van der Waals surface area contributed by atoms with Gasteiger partial charge in [-0.3, -0.25) is 9.78 Å². The van der Waals surface area contributed by atoms with Crippen molar-refractivity contribution in [2.45, 2.75) is 4.90 Å². The Morgan fingerprint density at radius 3 is 2.70 bits per heavy atom. The summed E-state index contributed by atoms with van der Waals surface area (Å²) in [6.07, 6.45) is 5.10. The quantitative estimate of drug-likeness (QED) is 0.873. The average Bonchev–Trinajstić information content (AvgIpc) is 2.38. The van der Waals surface area contributed by atoms with Crippen LogP contribution >= 0.6 is 11.6 Å². The highest BCUT2D eigenvalue weighted by molar-refractivity contribution is 7.90. The van der Waals surface area contributed by atoms with E-state index in [1.807, 2.05) is 0 Å². The van der Waals surface area contributed by atoms with Crippen molar-refractivity contribution >= 4 is 33.0 Å². The summed E-state index contributed by atoms with van der Waals surface area (Å²) in [4.78, 5) is 19.6. The van der Waals surface area contributed by atoms with Gasteiger partial charge < -0.3 is 5.32 Å². The lowest BCUT2D eigenvalue weighted by molar-refractivity contribution is 0.102. The maximum atomic E-state index is 12.1. The molecular formula is C12H10ClN3O3S. The van der Waals surface area contributed by atoms with Gasteiger partial charge in [0.05, 0.1) is 22.3 Å². The minimum Gasteiger partial charge on any atom is -0.319 e. The first kappa shape index (κ1) is 14.4. The SMILES string of the molecule is CS(=O)(=O)c1ccncc1NC(=O)c1cccnc1Cl. The molecule has 2 heterocycles. The smallest absolute Gasteiger partial charge is 0.258 e. The topological polar surface area (TPSA) is 89.0 Å². The number of sulfone groups is 1. The Hall–Kier alpha value is -1.99. The molecule has 2 aromatic heterocycles. The van der Waals surface area contributed by atoms with Crippen LogP contribution in [0.4, 0.5) is 5.69 Å². The number of rotatable bonds is 3. The van der Waals surface area contributed by atoms with Crippen LogP contribution in [0.15, 0.2) is 41.7 Å². The van der Waals surface area contributed by atoms with E-state index in [1.54, 1.807) is 6.07 Å². The molecule has 0 fully saturated rings. The molecule has 0 saturated carbocycles. The molecule has 1 N–H and O–H groups in total. The first-order valence-corrected chi connectivity index (χ1v) is 7.72. The van der Waals surface area contributed by atoms with Gasteiger partial charge in [0.1, 0.15) is 5.15 Å². The van der Waals surface area contributed by atoms with E-state index < -0.39 is 15.7 Å². The number of amides is 1. The summed E-state index contributed by atoms with van der Waals surface area (Å²) in [6.45, 7) is 0. The molecule has 0 unspecified atom stereocenters. The molecule has 0 aliphatic heterocycles. The number of carbonyl (C=O) groups is 1. The van der Waals surface area contributed by atoms with Gasteiger partial charge in [0.15, 0.2) is 9.84 Å². The van der Waals surface area contributed by atoms with E-state index in [0.29, 0.717) is 0 Å². The van der Waals surface area contributed by atoms with Crippen LogP contribution < -0.4 is 5.32 Å². The zero-order valence-electron chi connectivity index (χ0n) is 10.4. The van der Waals surface area contributed by atoms with Crippen LogP contribution in [0.1, 0.15) is 10.4 Å². The summed E-state index contributed by atoms with van der Waals surface area (Å²) in [5, 5.41) is 2.51. The Morgan fingerprint density at radius 2 is 2.05 bits per heavy atom. The third kappa shape index (κ3) is 3.12. The number of hydrogen-bond donors (Lipinski definition) is 1. The minimum absolute atomic E-state index is 0.0131. The van der Waals surface area contributed by atoms with Crippen LogP contribution in [0, 0.1) is 0 Å². The van der Waals surface area contributed by atoms with Crippen LogP contribution in [0.25, 0.3) is 0 Å². The lowest BCUT2D eigenvalue weighted by atomic mass is 10.2. The molecule has 6 nitrogen and oxygen atoms in total. The Morgan fingerprint density at radius 1 is 1.30 bits per heavy atom. The summed E-state index contributed by atoms with van der Waals surface area (Å²) in [6, 6.07) is 4.36. The second-order valence-electron chi connectivity index (χ2n) is 3.94. The molecule has 8 heteroatoms. The summed E-state index contributed by atoms with van der Waals surface area (Å²) in [5.74, 6) is -0.555. The molecule has 0 aromatic carbocycles. The normalized spacial score (nSPS) is 11.1. The van der Waals surface area contributed by atoms with E-state index in [1.165, 1.54) is 30.7 Å². The van der Waals surface area contributed by atoms with E-state index in [2.05, 4.69) is 15.3 Å². The van der Waals surface area contributed by atoms with Gasteiger partial charge >= 0.3 is 0 Å². The molecule has 2 rings (SSSR count). The zero-order chi connectivity index (χ0) is 14.8. The van der Waals surface area contributed by atoms with E-state index in [4.69, 9.17) is 11.6 Å². The van der Waals surface area contributed by atoms with Crippen molar-refractivity contribution in [2.24, 2.45) is 0 Å². The number of hydrogen-bond acceptors (Lipinski definition) is 5. The van der Waals surface area contributed by atoms with Crippen molar-refractivity contribution in [2.75, 3.05) is 11.6 Å². The minimum atomic E-state index is -3.47. The standard InChI is InChI=1S/C12H10ClN3O3S/c1-20(18,19)10-4-6-14-7-9(10)16-12(17)8-3-2-5-15-11(8)13/h2-7H,1H3,(H,16,17). The maximum absolute atomic E-state index is 12.1. The van der Waals surface area contributed by atoms with Crippen molar-refractivity contribution in [1.29, 1.82) is 0 Å². The van der Waals surface area contributed by atoms with Gasteiger partial charge in [-0.1, -0.05) is 11.6 Å². The number of pyridine rings is 2. The second-order valence-corrected chi connectivity index (χ2v) is 6.28. The van der Waals surface area contributed by atoms with Gasteiger partial charge in [0.25, 0.3) is 5.91 Å². The molecule has 0 aliphatic carbocycles. The van der Waals surface area contributed by atoms with Crippen LogP contribution in [0.3, 0.4) is 0 Å². The van der Waals surface area contributed by atoms with E-state index in [0.717, 1.165) is 6.26 Å². The van der Waals surface area contributed by atoms with Gasteiger partial charge in [-0.05, 0) is 18.2 Å². The van der Waals surface area contributed by atoms with Gasteiger partial charge in [0, 0.05) is 18.6 Å². The Labute approximate surface area is 120 Å². The Bertz CT molecular complexity index is 762. The summed E-state index contributed by atoms with van der Waals surface area (Å²) < 4.78 is 23.2. The monoisotopic (exact) mass is 311 g/mol. The number of carbonyl (C=O) groups excluding carboxylic acids is 1. The number of halogens is 1. The lowest BCUT2D eigenvalue weighted by Crippen LogP contribution is -2.15. The molecule has 0 radical (unpaired) electrons. The highest BCUT2D eigenvalue weighted by Gasteiger charge is 2.17. The molecule has 20 heavy (non-hydrogen) atoms. The largest absolute Gasteiger partial charge is 0.319 e. The fraction of sp³-hybridized carbons (Fsp3) is 0.0833. The molecule has 0 spiro atoms. The first-order valence-electron chi connectivity index (χ1n) is 5.45. The third-order valence-corrected chi connectivity index (χ3v) is 3.89. The molecule has 0 aliphatic rings. The second kappa shape index (κ2) is 5.56. The molecule has 0 saturated heterocycles. The highest BCUT2D eigenvalue weighted by Crippen LogP contribution is 2.21. The molecule has 1 amide bonds. The van der Waals surface area contributed by atoms with E-state index in [-0.39, 0.29) is 21.3 Å². The van der Waals surface area contributed by atoms with Gasteiger partial charge in [-0.15, -0.1) is 0 Å². The van der Waals surface area contributed by atoms with Crippen LogP contribution in [-0.4, -0.2) is 30.5 Å². The highest BCUT2D eigenvalue weighted by atomic mass is 35.5. The van der Waals surface area contributed by atoms with Gasteiger partial charge in [-0.25, -0.2) is 13.4 Å². The molecule has 104 valence electrons. The van der Waals surface area contributed by atoms with Crippen molar-refractivity contribution in [3.8, 4) is 0 Å². The van der Waals surface area contributed by atoms with Crippen LogP contribution in [-0.2, 0) is 9.84 Å². The predicted molar refractivity (Wildman–Crippen MR) is 74.5 cm³/mol. The van der Waals surface area contributed by atoms with Crippen molar-refractivity contribution in [1.82, 2.24) is 9.97 Å². The first-order chi connectivity index (χ1) is 9.39. The van der Waals surface area contributed by atoms with E-state index >= 15 is 0 Å². The fourth-order valence-corrected chi connectivity index (χ4v) is 2.56. The van der Waals surface area contributed by atoms with Crippen molar-refractivity contribution < 1.29 is 13.2 Å². The summed E-state index contributed by atoms with van der Waals surface area (Å²) >= 11 is 5.81. The molecular weight excluding hydrogens is 302 g/mol. The molecule has 2 aromatic rings. The van der Waals surface area contributed by atoms with Crippen LogP contribution in [0.2, 0.25) is 5.15 Å². The fourth-order valence-electron chi connectivity index (χ4n) is 1.54. The average molecular weight is 312 g/mol. The Balaban J connectivity index is 2.37. The maximum Gasteiger partial charge on any atom is 0.258 e. The number of aromatic nitrogens is 2.